The van der Waals surface area contributed by atoms with Crippen LogP contribution in [0.1, 0.15) is 41.3 Å². The minimum absolute atomic E-state index is 0.0545. The van der Waals surface area contributed by atoms with Gasteiger partial charge >= 0.3 is 0 Å². The van der Waals surface area contributed by atoms with Crippen molar-refractivity contribution >= 4 is 27.1 Å². The van der Waals surface area contributed by atoms with E-state index in [9.17, 15) is 18.3 Å². The molecule has 0 unspecified atom stereocenters. The minimum Gasteiger partial charge on any atom is -0.508 e. The fourth-order valence-electron chi connectivity index (χ4n) is 3.49. The van der Waals surface area contributed by atoms with Crippen molar-refractivity contribution in [3.05, 3.63) is 83.4 Å². The van der Waals surface area contributed by atoms with Crippen LogP contribution in [0.5, 0.6) is 5.75 Å². The van der Waals surface area contributed by atoms with E-state index < -0.39 is 9.84 Å². The number of fused-ring (bicyclic) bond motifs is 2. The molecule has 1 aliphatic rings. The molecule has 0 radical (unpaired) electrons. The molecular weight excluding hydrogens is 412 g/mol. The normalized spacial score (nSPS) is 14.0. The number of hydrogen-bond donors (Lipinski definition) is 2. The van der Waals surface area contributed by atoms with Crippen molar-refractivity contribution < 1.29 is 18.3 Å². The van der Waals surface area contributed by atoms with Gasteiger partial charge in [-0.15, -0.1) is 0 Å². The predicted molar refractivity (Wildman–Crippen MR) is 119 cm³/mol. The Kier molecular flexibility index (Phi) is 5.61. The summed E-state index contributed by atoms with van der Waals surface area (Å²) >= 11 is 0. The summed E-state index contributed by atoms with van der Waals surface area (Å²) in [5.41, 5.74) is 2.15. The fourth-order valence-corrected chi connectivity index (χ4v) is 5.07. The molecule has 31 heavy (non-hydrogen) atoms. The molecule has 4 rings (SSSR count). The number of rotatable bonds is 5. The highest BCUT2D eigenvalue weighted by molar-refractivity contribution is 7.91. The van der Waals surface area contributed by atoms with Crippen LogP contribution in [0.3, 0.4) is 0 Å². The van der Waals surface area contributed by atoms with Crippen LogP contribution in [0.2, 0.25) is 0 Å². The lowest BCUT2D eigenvalue weighted by molar-refractivity contribution is 0.0953. The number of phenols is 1. The number of unbranched alkanes of at least 4 members (excludes halogenated alkanes) is 1. The van der Waals surface area contributed by atoms with Crippen molar-refractivity contribution in [2.75, 3.05) is 6.54 Å². The molecule has 0 fully saturated rings. The summed E-state index contributed by atoms with van der Waals surface area (Å²) in [5.74, 6) is -0.165. The smallest absolute Gasteiger partial charge is 0.251 e. The number of nitrogens with one attached hydrogen (secondary N) is 1. The molecule has 158 valence electrons. The first-order valence-corrected chi connectivity index (χ1v) is 11.5. The van der Waals surface area contributed by atoms with Crippen molar-refractivity contribution in [1.82, 2.24) is 5.32 Å². The highest BCUT2D eigenvalue weighted by atomic mass is 32.2. The number of aromatic hydroxyl groups is 1. The van der Waals surface area contributed by atoms with Gasteiger partial charge in [-0.05, 0) is 55.0 Å². The Bertz CT molecular complexity index is 1280. The number of aliphatic imine (C=N–C) groups is 1. The van der Waals surface area contributed by atoms with Crippen molar-refractivity contribution in [2.24, 2.45) is 4.99 Å². The highest BCUT2D eigenvalue weighted by Gasteiger charge is 2.30. The average molecular weight is 435 g/mol. The quantitative estimate of drug-likeness (QED) is 0.459. The van der Waals surface area contributed by atoms with Gasteiger partial charge in [0, 0.05) is 23.2 Å². The molecule has 3 aromatic carbocycles. The number of hydrogen-bond acceptors (Lipinski definition) is 5. The topological polar surface area (TPSA) is 95.8 Å². The molecule has 0 saturated carbocycles. The monoisotopic (exact) mass is 434 g/mol. The zero-order chi connectivity index (χ0) is 22.0. The molecule has 2 N–H and O–H groups in total. The molecule has 1 heterocycles. The van der Waals surface area contributed by atoms with Gasteiger partial charge in [0.25, 0.3) is 5.91 Å². The average Bonchev–Trinajstić information content (AvgIpc) is 2.87. The summed E-state index contributed by atoms with van der Waals surface area (Å²) in [6.45, 7) is 2.59. The third-order valence-electron chi connectivity index (χ3n) is 5.13. The number of phenolic OH excluding ortho intramolecular Hbond substituents is 1. The first-order valence-electron chi connectivity index (χ1n) is 10.1. The summed E-state index contributed by atoms with van der Waals surface area (Å²) in [6.07, 6.45) is 1.82. The Labute approximate surface area is 181 Å². The number of nitrogens with zero attached hydrogens (tertiary/aromatic N) is 1. The van der Waals surface area contributed by atoms with E-state index in [1.54, 1.807) is 36.4 Å². The van der Waals surface area contributed by atoms with Crippen LogP contribution in [-0.4, -0.2) is 31.7 Å². The SMILES string of the molecule is CCCCNC(=O)c1ccc2c(c1)N=C(c1ccc(O)cc1)c1ccccc1S2(=O)=O. The maximum atomic E-state index is 13.4. The summed E-state index contributed by atoms with van der Waals surface area (Å²) in [5, 5.41) is 12.5. The fraction of sp³-hybridized carbons (Fsp3) is 0.167. The summed E-state index contributed by atoms with van der Waals surface area (Å²) in [4.78, 5) is 17.4. The molecule has 6 nitrogen and oxygen atoms in total. The van der Waals surface area contributed by atoms with Crippen molar-refractivity contribution in [3.8, 4) is 5.75 Å². The zero-order valence-electron chi connectivity index (χ0n) is 17.0. The van der Waals surface area contributed by atoms with Gasteiger partial charge in [-0.1, -0.05) is 31.5 Å². The Morgan fingerprint density at radius 2 is 1.74 bits per heavy atom. The van der Waals surface area contributed by atoms with E-state index in [1.165, 1.54) is 30.3 Å². The molecule has 0 aromatic heterocycles. The Balaban J connectivity index is 1.90. The minimum atomic E-state index is -3.85. The van der Waals surface area contributed by atoms with Gasteiger partial charge in [-0.3, -0.25) is 4.79 Å². The number of carbonyl (C=O) groups excluding carboxylic acids is 1. The molecule has 0 bridgehead atoms. The van der Waals surface area contributed by atoms with Crippen LogP contribution < -0.4 is 5.32 Å². The van der Waals surface area contributed by atoms with E-state index in [0.717, 1.165) is 12.8 Å². The summed E-state index contributed by atoms with van der Waals surface area (Å²) in [6, 6.07) is 17.6. The second-order valence-corrected chi connectivity index (χ2v) is 9.19. The molecular formula is C24H22N2O4S. The highest BCUT2D eigenvalue weighted by Crippen LogP contribution is 2.37. The van der Waals surface area contributed by atoms with E-state index >= 15 is 0 Å². The second kappa shape index (κ2) is 8.35. The lowest BCUT2D eigenvalue weighted by Crippen LogP contribution is -2.24. The van der Waals surface area contributed by atoms with E-state index in [4.69, 9.17) is 4.99 Å². The van der Waals surface area contributed by atoms with E-state index in [1.807, 2.05) is 6.92 Å². The predicted octanol–water partition coefficient (Wildman–Crippen LogP) is 4.24. The Hall–Kier alpha value is -3.45. The van der Waals surface area contributed by atoms with Crippen LogP contribution in [0.15, 0.2) is 81.5 Å². The third-order valence-corrected chi connectivity index (χ3v) is 6.99. The van der Waals surface area contributed by atoms with Crippen molar-refractivity contribution in [2.45, 2.75) is 29.6 Å². The summed E-state index contributed by atoms with van der Waals surface area (Å²) in [7, 11) is -3.85. The third kappa shape index (κ3) is 3.96. The van der Waals surface area contributed by atoms with Crippen molar-refractivity contribution in [1.29, 1.82) is 0 Å². The Morgan fingerprint density at radius 1 is 1.00 bits per heavy atom. The number of sulfone groups is 1. The van der Waals surface area contributed by atoms with E-state index in [0.29, 0.717) is 28.9 Å². The molecule has 0 atom stereocenters. The molecule has 0 aliphatic carbocycles. The first kappa shape index (κ1) is 20.8. The zero-order valence-corrected chi connectivity index (χ0v) is 17.8. The van der Waals surface area contributed by atoms with Crippen LogP contribution in [0.4, 0.5) is 5.69 Å². The van der Waals surface area contributed by atoms with E-state index in [-0.39, 0.29) is 27.1 Å². The van der Waals surface area contributed by atoms with Crippen LogP contribution >= 0.6 is 0 Å². The molecule has 1 aliphatic heterocycles. The maximum absolute atomic E-state index is 13.4. The molecule has 3 aromatic rings. The lowest BCUT2D eigenvalue weighted by Gasteiger charge is -2.10. The van der Waals surface area contributed by atoms with E-state index in [2.05, 4.69) is 5.32 Å². The lowest BCUT2D eigenvalue weighted by atomic mass is 10.0. The number of benzene rings is 3. The summed E-state index contributed by atoms with van der Waals surface area (Å²) < 4.78 is 26.8. The number of amides is 1. The largest absolute Gasteiger partial charge is 0.508 e. The van der Waals surface area contributed by atoms with Crippen LogP contribution in [-0.2, 0) is 9.84 Å². The van der Waals surface area contributed by atoms with Gasteiger partial charge in [-0.2, -0.15) is 0 Å². The second-order valence-electron chi connectivity index (χ2n) is 7.30. The molecule has 1 amide bonds. The maximum Gasteiger partial charge on any atom is 0.251 e. The van der Waals surface area contributed by atoms with Gasteiger partial charge in [0.05, 0.1) is 21.2 Å². The van der Waals surface area contributed by atoms with Crippen molar-refractivity contribution in [3.63, 3.8) is 0 Å². The van der Waals surface area contributed by atoms with Gasteiger partial charge in [-0.25, -0.2) is 13.4 Å². The molecule has 7 heteroatoms. The Morgan fingerprint density at radius 3 is 2.48 bits per heavy atom. The molecule has 0 saturated heterocycles. The van der Waals surface area contributed by atoms with Gasteiger partial charge in [0.15, 0.2) is 0 Å². The number of carbonyl (C=O) groups is 1. The van der Waals surface area contributed by atoms with Crippen LogP contribution in [0, 0.1) is 0 Å². The van der Waals surface area contributed by atoms with Gasteiger partial charge in [0.1, 0.15) is 5.75 Å². The van der Waals surface area contributed by atoms with Crippen LogP contribution in [0.25, 0.3) is 0 Å². The standard InChI is InChI=1S/C24H22N2O4S/c1-2-3-14-25-24(28)17-10-13-22-20(15-17)26-23(16-8-11-18(27)12-9-16)19-6-4-5-7-21(19)31(22,29)30/h4-13,15,27H,2-3,14H2,1H3,(H,25,28). The van der Waals surface area contributed by atoms with Gasteiger partial charge in [0.2, 0.25) is 9.84 Å². The first-order chi connectivity index (χ1) is 14.9. The van der Waals surface area contributed by atoms with Gasteiger partial charge < -0.3 is 10.4 Å². The molecule has 0 spiro atoms.